The molecular formula is C16H15FN4O2. The van der Waals surface area contributed by atoms with Gasteiger partial charge >= 0.3 is 11.7 Å². The van der Waals surface area contributed by atoms with Gasteiger partial charge in [-0.3, -0.25) is 0 Å². The third-order valence-corrected chi connectivity index (χ3v) is 3.51. The summed E-state index contributed by atoms with van der Waals surface area (Å²) in [5, 5.41) is 5.19. The molecule has 0 saturated carbocycles. The van der Waals surface area contributed by atoms with Crippen molar-refractivity contribution < 1.29 is 9.18 Å². The molecule has 6 nitrogen and oxygen atoms in total. The van der Waals surface area contributed by atoms with Gasteiger partial charge in [0.2, 0.25) is 0 Å². The highest BCUT2D eigenvalue weighted by molar-refractivity contribution is 5.89. The van der Waals surface area contributed by atoms with Crippen molar-refractivity contribution in [2.75, 3.05) is 5.32 Å². The number of H-pyrrole nitrogens is 2. The number of benzene rings is 2. The lowest BCUT2D eigenvalue weighted by atomic mass is 10.1. The van der Waals surface area contributed by atoms with E-state index in [9.17, 15) is 14.0 Å². The van der Waals surface area contributed by atoms with Crippen molar-refractivity contribution in [2.24, 2.45) is 0 Å². The Morgan fingerprint density at radius 1 is 1.13 bits per heavy atom. The smallest absolute Gasteiger partial charge is 0.323 e. The standard InChI is InChI=1S/C16H15FN4O2/c1-9(10-6-7-13-14(8-10)21-16(23)20-13)18-15(22)19-12-5-3-2-4-11(12)17/h2-9H,1H3,(H2,18,19,22)(H2,20,21,23)/t9-/m0/s1. The minimum absolute atomic E-state index is 0.114. The number of aromatic amines is 2. The van der Waals surface area contributed by atoms with E-state index >= 15 is 0 Å². The fourth-order valence-corrected chi connectivity index (χ4v) is 2.32. The van der Waals surface area contributed by atoms with Crippen LogP contribution in [0.25, 0.3) is 11.0 Å². The van der Waals surface area contributed by atoms with Crippen molar-refractivity contribution in [3.05, 3.63) is 64.3 Å². The molecule has 0 bridgehead atoms. The van der Waals surface area contributed by atoms with Crippen LogP contribution in [0.3, 0.4) is 0 Å². The molecule has 1 aromatic heterocycles. The molecule has 0 aliphatic carbocycles. The number of imidazole rings is 1. The van der Waals surface area contributed by atoms with E-state index in [1.54, 1.807) is 37.3 Å². The summed E-state index contributed by atoms with van der Waals surface area (Å²) in [6.45, 7) is 1.80. The summed E-state index contributed by atoms with van der Waals surface area (Å²) in [6.07, 6.45) is 0. The van der Waals surface area contributed by atoms with E-state index in [1.807, 2.05) is 0 Å². The maximum absolute atomic E-state index is 13.5. The van der Waals surface area contributed by atoms with E-state index in [0.29, 0.717) is 11.0 Å². The van der Waals surface area contributed by atoms with Crippen LogP contribution in [0.2, 0.25) is 0 Å². The highest BCUT2D eigenvalue weighted by Gasteiger charge is 2.12. The van der Waals surface area contributed by atoms with Gasteiger partial charge in [0.25, 0.3) is 0 Å². The first-order valence-electron chi connectivity index (χ1n) is 7.07. The molecule has 0 spiro atoms. The average Bonchev–Trinajstić information content (AvgIpc) is 2.88. The van der Waals surface area contributed by atoms with Gasteiger partial charge in [-0.2, -0.15) is 0 Å². The van der Waals surface area contributed by atoms with Crippen LogP contribution in [0.5, 0.6) is 0 Å². The Kier molecular flexibility index (Phi) is 3.84. The zero-order chi connectivity index (χ0) is 16.4. The quantitative estimate of drug-likeness (QED) is 0.599. The van der Waals surface area contributed by atoms with Gasteiger partial charge in [0.1, 0.15) is 5.82 Å². The molecule has 1 atom stereocenters. The van der Waals surface area contributed by atoms with Gasteiger partial charge in [0, 0.05) is 0 Å². The molecule has 1 heterocycles. The number of carbonyl (C=O) groups excluding carboxylic acids is 1. The summed E-state index contributed by atoms with van der Waals surface area (Å²) in [5.41, 5.74) is 2.01. The van der Waals surface area contributed by atoms with Crippen LogP contribution >= 0.6 is 0 Å². The third kappa shape index (κ3) is 3.23. The fourth-order valence-electron chi connectivity index (χ4n) is 2.32. The van der Waals surface area contributed by atoms with Crippen molar-refractivity contribution >= 4 is 22.8 Å². The molecule has 4 N–H and O–H groups in total. The van der Waals surface area contributed by atoms with Crippen molar-refractivity contribution in [1.29, 1.82) is 0 Å². The minimum Gasteiger partial charge on any atom is -0.331 e. The van der Waals surface area contributed by atoms with Crippen LogP contribution in [-0.4, -0.2) is 16.0 Å². The van der Waals surface area contributed by atoms with Crippen LogP contribution in [0.4, 0.5) is 14.9 Å². The van der Waals surface area contributed by atoms with Gasteiger partial charge in [-0.05, 0) is 36.8 Å². The number of para-hydroxylation sites is 1. The number of urea groups is 1. The van der Waals surface area contributed by atoms with E-state index in [0.717, 1.165) is 5.56 Å². The summed E-state index contributed by atoms with van der Waals surface area (Å²) >= 11 is 0. The molecular weight excluding hydrogens is 299 g/mol. The van der Waals surface area contributed by atoms with Crippen molar-refractivity contribution in [3.8, 4) is 0 Å². The Morgan fingerprint density at radius 3 is 2.65 bits per heavy atom. The zero-order valence-electron chi connectivity index (χ0n) is 12.3. The first-order chi connectivity index (χ1) is 11.0. The van der Waals surface area contributed by atoms with Crippen LogP contribution in [0.15, 0.2) is 47.3 Å². The zero-order valence-corrected chi connectivity index (χ0v) is 12.3. The molecule has 3 rings (SSSR count). The van der Waals surface area contributed by atoms with Gasteiger partial charge in [-0.1, -0.05) is 18.2 Å². The average molecular weight is 314 g/mol. The molecule has 2 amide bonds. The topological polar surface area (TPSA) is 89.8 Å². The lowest BCUT2D eigenvalue weighted by Crippen LogP contribution is -2.31. The normalized spacial score (nSPS) is 12.1. The number of hydrogen-bond donors (Lipinski definition) is 4. The summed E-state index contributed by atoms with van der Waals surface area (Å²) in [5.74, 6) is -0.498. The van der Waals surface area contributed by atoms with E-state index in [1.165, 1.54) is 12.1 Å². The first kappa shape index (κ1) is 14.8. The predicted molar refractivity (Wildman–Crippen MR) is 85.9 cm³/mol. The molecule has 2 aromatic carbocycles. The summed E-state index contributed by atoms with van der Waals surface area (Å²) in [4.78, 5) is 28.5. The number of fused-ring (bicyclic) bond motifs is 1. The van der Waals surface area contributed by atoms with Crippen LogP contribution in [-0.2, 0) is 0 Å². The second kappa shape index (κ2) is 5.96. The molecule has 0 aliphatic heterocycles. The van der Waals surface area contributed by atoms with Crippen molar-refractivity contribution in [1.82, 2.24) is 15.3 Å². The Hall–Kier alpha value is -3.09. The largest absolute Gasteiger partial charge is 0.331 e. The monoisotopic (exact) mass is 314 g/mol. The molecule has 0 aliphatic rings. The summed E-state index contributed by atoms with van der Waals surface area (Å²) < 4.78 is 13.5. The number of halogens is 1. The highest BCUT2D eigenvalue weighted by atomic mass is 19.1. The van der Waals surface area contributed by atoms with E-state index in [2.05, 4.69) is 20.6 Å². The molecule has 3 aromatic rings. The van der Waals surface area contributed by atoms with Crippen LogP contribution < -0.4 is 16.3 Å². The maximum Gasteiger partial charge on any atom is 0.323 e. The number of amides is 2. The minimum atomic E-state index is -0.509. The molecule has 0 saturated heterocycles. The van der Waals surface area contributed by atoms with Crippen LogP contribution in [0, 0.1) is 5.82 Å². The Labute approximate surface area is 130 Å². The number of carbonyl (C=O) groups is 1. The molecule has 0 radical (unpaired) electrons. The lowest BCUT2D eigenvalue weighted by molar-refractivity contribution is 0.249. The third-order valence-electron chi connectivity index (χ3n) is 3.51. The van der Waals surface area contributed by atoms with E-state index < -0.39 is 11.8 Å². The van der Waals surface area contributed by atoms with Gasteiger partial charge in [0.15, 0.2) is 0 Å². The SMILES string of the molecule is C[C@H](NC(=O)Nc1ccccc1F)c1ccc2[nH]c(=O)[nH]c2c1. The number of rotatable bonds is 3. The van der Waals surface area contributed by atoms with Gasteiger partial charge < -0.3 is 20.6 Å². The highest BCUT2D eigenvalue weighted by Crippen LogP contribution is 2.18. The van der Waals surface area contributed by atoms with Gasteiger partial charge in [-0.25, -0.2) is 14.0 Å². The predicted octanol–water partition coefficient (Wildman–Crippen LogP) is 2.88. The second-order valence-corrected chi connectivity index (χ2v) is 5.18. The molecule has 7 heteroatoms. The molecule has 23 heavy (non-hydrogen) atoms. The van der Waals surface area contributed by atoms with E-state index in [-0.39, 0.29) is 17.4 Å². The number of hydrogen-bond acceptors (Lipinski definition) is 2. The number of anilines is 1. The van der Waals surface area contributed by atoms with Gasteiger partial charge in [-0.15, -0.1) is 0 Å². The van der Waals surface area contributed by atoms with Crippen molar-refractivity contribution in [2.45, 2.75) is 13.0 Å². The van der Waals surface area contributed by atoms with E-state index in [4.69, 9.17) is 0 Å². The summed E-state index contributed by atoms with van der Waals surface area (Å²) in [6, 6.07) is 10.5. The Morgan fingerprint density at radius 2 is 1.87 bits per heavy atom. The summed E-state index contributed by atoms with van der Waals surface area (Å²) in [7, 11) is 0. The number of nitrogens with one attached hydrogen (secondary N) is 4. The Bertz CT molecular complexity index is 916. The lowest BCUT2D eigenvalue weighted by Gasteiger charge is -2.15. The van der Waals surface area contributed by atoms with Crippen molar-refractivity contribution in [3.63, 3.8) is 0 Å². The molecule has 0 unspecified atom stereocenters. The van der Waals surface area contributed by atoms with Crippen LogP contribution in [0.1, 0.15) is 18.5 Å². The second-order valence-electron chi connectivity index (χ2n) is 5.18. The first-order valence-corrected chi connectivity index (χ1v) is 7.07. The molecule has 118 valence electrons. The fraction of sp³-hybridized carbons (Fsp3) is 0.125. The van der Waals surface area contributed by atoms with Gasteiger partial charge in [0.05, 0.1) is 22.8 Å². The molecule has 0 fully saturated rings. The number of aromatic nitrogens is 2. The maximum atomic E-state index is 13.5. The Balaban J connectivity index is 1.72.